The van der Waals surface area contributed by atoms with Crippen molar-refractivity contribution in [1.82, 2.24) is 9.80 Å². The molecule has 2 saturated heterocycles. The molecular weight excluding hydrogens is 316 g/mol. The van der Waals surface area contributed by atoms with Gasteiger partial charge < -0.3 is 14.5 Å². The van der Waals surface area contributed by atoms with Crippen LogP contribution in [0.5, 0.6) is 0 Å². The minimum atomic E-state index is -0.374. The van der Waals surface area contributed by atoms with Gasteiger partial charge in [0.15, 0.2) is 0 Å². The van der Waals surface area contributed by atoms with Crippen LogP contribution < -0.4 is 0 Å². The molecule has 0 radical (unpaired) electrons. The summed E-state index contributed by atoms with van der Waals surface area (Å²) in [6, 6.07) is 7.54. The van der Waals surface area contributed by atoms with E-state index >= 15 is 0 Å². The first kappa shape index (κ1) is 16.1. The number of carbonyl (C=O) groups excluding carboxylic acids is 2. The maximum atomic E-state index is 12.9. The molecule has 5 nitrogen and oxygen atoms in total. The van der Waals surface area contributed by atoms with Crippen LogP contribution in [0.2, 0.25) is 5.02 Å². The Balaban J connectivity index is 1.84. The Morgan fingerprint density at radius 2 is 1.74 bits per heavy atom. The molecule has 2 atom stereocenters. The van der Waals surface area contributed by atoms with E-state index in [1.54, 1.807) is 4.90 Å². The minimum Gasteiger partial charge on any atom is -0.453 e. The third-order valence-corrected chi connectivity index (χ3v) is 5.04. The molecule has 0 N–H and O–H groups in total. The molecule has 0 aliphatic carbocycles. The average Bonchev–Trinajstić information content (AvgIpc) is 3.24. The summed E-state index contributed by atoms with van der Waals surface area (Å²) in [5.74, 6) is -0.0818. The van der Waals surface area contributed by atoms with E-state index in [2.05, 4.69) is 0 Å². The SMILES string of the molecule is COC(=O)N1C[C@@H](C(=O)N2CCCC2)[C@H](c2ccc(Cl)cc2)C1. The van der Waals surface area contributed by atoms with Crippen molar-refractivity contribution in [2.75, 3.05) is 33.3 Å². The normalized spacial score (nSPS) is 24.1. The van der Waals surface area contributed by atoms with E-state index in [0.717, 1.165) is 31.5 Å². The summed E-state index contributed by atoms with van der Waals surface area (Å²) in [5, 5.41) is 0.666. The van der Waals surface area contributed by atoms with Crippen molar-refractivity contribution in [3.63, 3.8) is 0 Å². The number of benzene rings is 1. The maximum absolute atomic E-state index is 12.9. The molecule has 0 unspecified atom stereocenters. The molecule has 2 fully saturated rings. The highest BCUT2D eigenvalue weighted by molar-refractivity contribution is 6.30. The van der Waals surface area contributed by atoms with E-state index in [1.165, 1.54) is 7.11 Å². The second kappa shape index (κ2) is 6.79. The monoisotopic (exact) mass is 336 g/mol. The predicted octanol–water partition coefficient (Wildman–Crippen LogP) is 2.74. The Labute approximate surface area is 141 Å². The Kier molecular flexibility index (Phi) is 4.76. The number of amides is 2. The maximum Gasteiger partial charge on any atom is 0.409 e. The van der Waals surface area contributed by atoms with Gasteiger partial charge >= 0.3 is 6.09 Å². The van der Waals surface area contributed by atoms with Gasteiger partial charge in [0.25, 0.3) is 0 Å². The first-order valence-electron chi connectivity index (χ1n) is 7.97. The Bertz CT molecular complexity index is 584. The van der Waals surface area contributed by atoms with Gasteiger partial charge in [-0.05, 0) is 30.5 Å². The van der Waals surface area contributed by atoms with Crippen molar-refractivity contribution in [3.05, 3.63) is 34.9 Å². The summed E-state index contributed by atoms with van der Waals surface area (Å²) >= 11 is 5.96. The standard InChI is InChI=1S/C17H21ClN2O3/c1-23-17(22)20-10-14(12-4-6-13(18)7-5-12)15(11-20)16(21)19-8-2-3-9-19/h4-7,14-15H,2-3,8-11H2,1H3/t14-,15+/m0/s1. The summed E-state index contributed by atoms with van der Waals surface area (Å²) < 4.78 is 4.83. The predicted molar refractivity (Wildman–Crippen MR) is 87.5 cm³/mol. The molecule has 0 saturated carbocycles. The molecule has 2 heterocycles. The summed E-state index contributed by atoms with van der Waals surface area (Å²) in [6.45, 7) is 2.55. The molecule has 1 aromatic rings. The highest BCUT2D eigenvalue weighted by Gasteiger charge is 2.42. The largest absolute Gasteiger partial charge is 0.453 e. The van der Waals surface area contributed by atoms with Crippen molar-refractivity contribution in [3.8, 4) is 0 Å². The van der Waals surface area contributed by atoms with Gasteiger partial charge in [-0.15, -0.1) is 0 Å². The Morgan fingerprint density at radius 1 is 1.09 bits per heavy atom. The smallest absolute Gasteiger partial charge is 0.409 e. The molecule has 6 heteroatoms. The van der Waals surface area contributed by atoms with E-state index in [0.29, 0.717) is 18.1 Å². The van der Waals surface area contributed by atoms with Crippen LogP contribution >= 0.6 is 11.6 Å². The van der Waals surface area contributed by atoms with Gasteiger partial charge in [0.1, 0.15) is 0 Å². The molecule has 0 bridgehead atoms. The fourth-order valence-electron chi connectivity index (χ4n) is 3.55. The van der Waals surface area contributed by atoms with Gasteiger partial charge in [-0.25, -0.2) is 4.79 Å². The second-order valence-corrected chi connectivity index (χ2v) is 6.61. The number of methoxy groups -OCH3 is 1. The van der Waals surface area contributed by atoms with Gasteiger partial charge in [-0.2, -0.15) is 0 Å². The number of hydrogen-bond acceptors (Lipinski definition) is 3. The average molecular weight is 337 g/mol. The zero-order valence-corrected chi connectivity index (χ0v) is 14.0. The summed E-state index contributed by atoms with van der Waals surface area (Å²) in [5.41, 5.74) is 1.04. The van der Waals surface area contributed by atoms with Crippen LogP contribution in [0.15, 0.2) is 24.3 Å². The van der Waals surface area contributed by atoms with E-state index in [4.69, 9.17) is 16.3 Å². The molecule has 1 aromatic carbocycles. The summed E-state index contributed by atoms with van der Waals surface area (Å²) in [4.78, 5) is 28.3. The fraction of sp³-hybridized carbons (Fsp3) is 0.529. The first-order chi connectivity index (χ1) is 11.1. The molecule has 0 aromatic heterocycles. The third-order valence-electron chi connectivity index (χ3n) is 4.79. The fourth-order valence-corrected chi connectivity index (χ4v) is 3.68. The summed E-state index contributed by atoms with van der Waals surface area (Å²) in [7, 11) is 1.37. The van der Waals surface area contributed by atoms with Crippen molar-refractivity contribution in [2.45, 2.75) is 18.8 Å². The zero-order chi connectivity index (χ0) is 16.4. The van der Waals surface area contributed by atoms with Gasteiger partial charge in [-0.3, -0.25) is 4.79 Å². The molecule has 2 aliphatic heterocycles. The van der Waals surface area contributed by atoms with Crippen LogP contribution in [0.3, 0.4) is 0 Å². The van der Waals surface area contributed by atoms with Gasteiger partial charge in [0.05, 0.1) is 13.0 Å². The van der Waals surface area contributed by atoms with Gasteiger partial charge in [0, 0.05) is 37.1 Å². The van der Waals surface area contributed by atoms with Crippen LogP contribution in [-0.2, 0) is 9.53 Å². The number of carbonyl (C=O) groups is 2. The number of rotatable bonds is 2. The molecule has 0 spiro atoms. The molecule has 3 rings (SSSR count). The summed E-state index contributed by atoms with van der Waals surface area (Å²) in [6.07, 6.45) is 1.75. The number of hydrogen-bond donors (Lipinski definition) is 0. The van der Waals surface area contributed by atoms with E-state index in [1.807, 2.05) is 29.2 Å². The van der Waals surface area contributed by atoms with Gasteiger partial charge in [-0.1, -0.05) is 23.7 Å². The lowest BCUT2D eigenvalue weighted by Crippen LogP contribution is -2.37. The number of nitrogens with zero attached hydrogens (tertiary/aromatic N) is 2. The Morgan fingerprint density at radius 3 is 2.35 bits per heavy atom. The second-order valence-electron chi connectivity index (χ2n) is 6.17. The van der Waals surface area contributed by atoms with Crippen molar-refractivity contribution >= 4 is 23.6 Å². The molecule has 124 valence electrons. The first-order valence-corrected chi connectivity index (χ1v) is 8.35. The topological polar surface area (TPSA) is 49.9 Å². The lowest BCUT2D eigenvalue weighted by atomic mass is 9.88. The van der Waals surface area contributed by atoms with Gasteiger partial charge in [0.2, 0.25) is 5.91 Å². The zero-order valence-electron chi connectivity index (χ0n) is 13.2. The molecule has 23 heavy (non-hydrogen) atoms. The van der Waals surface area contributed by atoms with E-state index in [-0.39, 0.29) is 23.8 Å². The molecule has 2 amide bonds. The van der Waals surface area contributed by atoms with Crippen molar-refractivity contribution in [2.24, 2.45) is 5.92 Å². The van der Waals surface area contributed by atoms with Crippen LogP contribution in [0.1, 0.15) is 24.3 Å². The lowest BCUT2D eigenvalue weighted by Gasteiger charge is -2.23. The highest BCUT2D eigenvalue weighted by atomic mass is 35.5. The minimum absolute atomic E-state index is 0.0144. The lowest BCUT2D eigenvalue weighted by molar-refractivity contribution is -0.134. The van der Waals surface area contributed by atoms with Crippen molar-refractivity contribution < 1.29 is 14.3 Å². The van der Waals surface area contributed by atoms with Crippen LogP contribution in [0.4, 0.5) is 4.79 Å². The Hall–Kier alpha value is -1.75. The highest BCUT2D eigenvalue weighted by Crippen LogP contribution is 2.35. The quantitative estimate of drug-likeness (QED) is 0.834. The molecule has 2 aliphatic rings. The third kappa shape index (κ3) is 3.29. The molecular formula is C17H21ClN2O3. The number of ether oxygens (including phenoxy) is 1. The van der Waals surface area contributed by atoms with Crippen LogP contribution in [0.25, 0.3) is 0 Å². The number of halogens is 1. The van der Waals surface area contributed by atoms with E-state index in [9.17, 15) is 9.59 Å². The van der Waals surface area contributed by atoms with Crippen LogP contribution in [-0.4, -0.2) is 55.1 Å². The van der Waals surface area contributed by atoms with Crippen LogP contribution in [0, 0.1) is 5.92 Å². The van der Waals surface area contributed by atoms with Crippen molar-refractivity contribution in [1.29, 1.82) is 0 Å². The van der Waals surface area contributed by atoms with E-state index < -0.39 is 0 Å². The number of likely N-dealkylation sites (tertiary alicyclic amines) is 2.